The molecule has 1 rings (SSSR count). The zero-order valence-corrected chi connectivity index (χ0v) is 12.9. The molecular weight excluding hydrogens is 258 g/mol. The van der Waals surface area contributed by atoms with E-state index in [1.807, 2.05) is 19.9 Å². The maximum atomic E-state index is 12.1. The average Bonchev–Trinajstić information content (AvgIpc) is 2.36. The number of carbonyl (C=O) groups excluding carboxylic acids is 1. The minimum absolute atomic E-state index is 0.0300. The molecule has 0 aromatic carbocycles. The van der Waals surface area contributed by atoms with Crippen LogP contribution in [0.3, 0.4) is 0 Å². The highest BCUT2D eigenvalue weighted by Crippen LogP contribution is 2.10. The van der Waals surface area contributed by atoms with Crippen LogP contribution in [0.1, 0.15) is 29.9 Å². The van der Waals surface area contributed by atoms with E-state index in [2.05, 4.69) is 28.8 Å². The maximum Gasteiger partial charge on any atom is 0.251 e. The Morgan fingerprint density at radius 3 is 2.84 bits per heavy atom. The fourth-order valence-electron chi connectivity index (χ4n) is 1.78. The Bertz CT molecular complexity index is 423. The largest absolute Gasteiger partial charge is 0.370 e. The van der Waals surface area contributed by atoms with Crippen molar-refractivity contribution in [1.29, 1.82) is 0 Å². The summed E-state index contributed by atoms with van der Waals surface area (Å²) in [6.07, 6.45) is 2.08. The summed E-state index contributed by atoms with van der Waals surface area (Å²) in [5.74, 6) is 2.26. The molecule has 0 spiro atoms. The quantitative estimate of drug-likeness (QED) is 0.806. The predicted molar refractivity (Wildman–Crippen MR) is 83.0 cm³/mol. The van der Waals surface area contributed by atoms with E-state index < -0.39 is 0 Å². The molecule has 1 unspecified atom stereocenters. The van der Waals surface area contributed by atoms with Crippen molar-refractivity contribution in [3.8, 4) is 0 Å². The van der Waals surface area contributed by atoms with Gasteiger partial charge in [0.1, 0.15) is 5.82 Å². The Hall–Kier alpha value is -1.23. The number of nitrogens with zero attached hydrogens (tertiary/aromatic N) is 1. The van der Waals surface area contributed by atoms with Crippen molar-refractivity contribution in [3.05, 3.63) is 23.4 Å². The number of thioether (sulfide) groups is 1. The van der Waals surface area contributed by atoms with Gasteiger partial charge in [0.25, 0.3) is 5.91 Å². The van der Waals surface area contributed by atoms with Crippen LogP contribution in [0.4, 0.5) is 5.82 Å². The molecule has 1 amide bonds. The van der Waals surface area contributed by atoms with Gasteiger partial charge in [-0.05, 0) is 43.9 Å². The number of amides is 1. The van der Waals surface area contributed by atoms with Gasteiger partial charge in [-0.1, -0.05) is 6.92 Å². The molecule has 0 saturated heterocycles. The van der Waals surface area contributed by atoms with Crippen LogP contribution in [-0.2, 0) is 0 Å². The number of hydrogen-bond acceptors (Lipinski definition) is 4. The van der Waals surface area contributed by atoms with Crippen LogP contribution in [0.15, 0.2) is 12.1 Å². The van der Waals surface area contributed by atoms with Crippen molar-refractivity contribution in [2.24, 2.45) is 5.92 Å². The van der Waals surface area contributed by atoms with Gasteiger partial charge in [0, 0.05) is 24.3 Å². The summed E-state index contributed by atoms with van der Waals surface area (Å²) in [6.45, 7) is 7.54. The Balaban J connectivity index is 2.65. The average molecular weight is 281 g/mol. The molecule has 106 valence electrons. The summed E-state index contributed by atoms with van der Waals surface area (Å²) < 4.78 is 0. The number of carbonyl (C=O) groups is 1. The van der Waals surface area contributed by atoms with Crippen LogP contribution in [0, 0.1) is 12.8 Å². The number of aromatic nitrogens is 1. The third kappa shape index (κ3) is 5.51. The molecule has 0 saturated carbocycles. The molecule has 0 fully saturated rings. The predicted octanol–water partition coefficient (Wildman–Crippen LogP) is 2.55. The molecule has 0 aliphatic rings. The van der Waals surface area contributed by atoms with Crippen LogP contribution in [0.5, 0.6) is 0 Å². The fourth-order valence-corrected chi connectivity index (χ4v) is 2.47. The minimum Gasteiger partial charge on any atom is -0.370 e. The summed E-state index contributed by atoms with van der Waals surface area (Å²) in [6, 6.07) is 3.61. The normalized spacial score (nSPS) is 12.0. The number of rotatable bonds is 7. The van der Waals surface area contributed by atoms with E-state index in [0.717, 1.165) is 23.8 Å². The summed E-state index contributed by atoms with van der Waals surface area (Å²) in [5.41, 5.74) is 1.51. The van der Waals surface area contributed by atoms with E-state index in [0.29, 0.717) is 18.0 Å². The number of nitrogens with one attached hydrogen (secondary N) is 2. The van der Waals surface area contributed by atoms with Crippen LogP contribution >= 0.6 is 11.8 Å². The maximum absolute atomic E-state index is 12.1. The lowest BCUT2D eigenvalue weighted by Gasteiger charge is -2.12. The first-order valence-corrected chi connectivity index (χ1v) is 7.95. The molecule has 19 heavy (non-hydrogen) atoms. The molecule has 5 heteroatoms. The van der Waals surface area contributed by atoms with Gasteiger partial charge in [0.2, 0.25) is 0 Å². The van der Waals surface area contributed by atoms with Crippen molar-refractivity contribution in [3.63, 3.8) is 0 Å². The van der Waals surface area contributed by atoms with E-state index in [1.165, 1.54) is 0 Å². The number of hydrogen-bond donors (Lipinski definition) is 2. The lowest BCUT2D eigenvalue weighted by Crippen LogP contribution is -2.29. The van der Waals surface area contributed by atoms with E-state index in [4.69, 9.17) is 0 Å². The zero-order chi connectivity index (χ0) is 14.3. The Morgan fingerprint density at radius 2 is 2.21 bits per heavy atom. The molecule has 0 aliphatic heterocycles. The molecule has 1 atom stereocenters. The van der Waals surface area contributed by atoms with Gasteiger partial charge in [0.05, 0.1) is 0 Å². The zero-order valence-electron chi connectivity index (χ0n) is 12.1. The highest BCUT2D eigenvalue weighted by molar-refractivity contribution is 7.98. The first-order chi connectivity index (χ1) is 9.06. The highest BCUT2D eigenvalue weighted by Gasteiger charge is 2.09. The minimum atomic E-state index is -0.0300. The second-order valence-corrected chi connectivity index (χ2v) is 5.59. The molecular formula is C14H23N3OS. The topological polar surface area (TPSA) is 54.0 Å². The van der Waals surface area contributed by atoms with Gasteiger partial charge < -0.3 is 10.6 Å². The van der Waals surface area contributed by atoms with Gasteiger partial charge in [-0.3, -0.25) is 4.79 Å². The van der Waals surface area contributed by atoms with Crippen LogP contribution in [-0.4, -0.2) is 36.0 Å². The lowest BCUT2D eigenvalue weighted by atomic mass is 10.2. The monoisotopic (exact) mass is 281 g/mol. The van der Waals surface area contributed by atoms with Gasteiger partial charge >= 0.3 is 0 Å². The van der Waals surface area contributed by atoms with E-state index in [-0.39, 0.29) is 5.91 Å². The first kappa shape index (κ1) is 15.8. The standard InChI is InChI=1S/C14H23N3OS/c1-5-15-13-7-12(6-11(3)17-13)14(18)16-8-10(2)9-19-4/h6-7,10H,5,8-9H2,1-4H3,(H,15,17)(H,16,18). The highest BCUT2D eigenvalue weighted by atomic mass is 32.2. The second-order valence-electron chi connectivity index (χ2n) is 4.68. The molecule has 0 aliphatic carbocycles. The molecule has 0 radical (unpaired) electrons. The van der Waals surface area contributed by atoms with Gasteiger partial charge in [-0.25, -0.2) is 4.98 Å². The smallest absolute Gasteiger partial charge is 0.251 e. The molecule has 1 aromatic heterocycles. The van der Waals surface area contributed by atoms with Gasteiger partial charge in [-0.15, -0.1) is 0 Å². The number of pyridine rings is 1. The third-order valence-electron chi connectivity index (χ3n) is 2.64. The first-order valence-electron chi connectivity index (χ1n) is 6.56. The summed E-state index contributed by atoms with van der Waals surface area (Å²) in [7, 11) is 0. The third-order valence-corrected chi connectivity index (χ3v) is 3.54. The van der Waals surface area contributed by atoms with Crippen molar-refractivity contribution in [2.45, 2.75) is 20.8 Å². The lowest BCUT2D eigenvalue weighted by molar-refractivity contribution is 0.0949. The molecule has 4 nitrogen and oxygen atoms in total. The molecule has 0 bridgehead atoms. The van der Waals surface area contributed by atoms with Crippen LogP contribution in [0.25, 0.3) is 0 Å². The summed E-state index contributed by atoms with van der Waals surface area (Å²) >= 11 is 1.80. The summed E-state index contributed by atoms with van der Waals surface area (Å²) in [5, 5.41) is 6.11. The van der Waals surface area contributed by atoms with Crippen molar-refractivity contribution in [1.82, 2.24) is 10.3 Å². The summed E-state index contributed by atoms with van der Waals surface area (Å²) in [4.78, 5) is 16.4. The Kier molecular flexibility index (Phi) is 6.70. The van der Waals surface area contributed by atoms with Crippen molar-refractivity contribution < 1.29 is 4.79 Å². The molecule has 1 aromatic rings. The van der Waals surface area contributed by atoms with Gasteiger partial charge in [0.15, 0.2) is 0 Å². The van der Waals surface area contributed by atoms with E-state index in [1.54, 1.807) is 17.8 Å². The van der Waals surface area contributed by atoms with Crippen molar-refractivity contribution >= 4 is 23.5 Å². The molecule has 2 N–H and O–H groups in total. The number of anilines is 1. The number of aryl methyl sites for hydroxylation is 1. The van der Waals surface area contributed by atoms with Crippen LogP contribution in [0.2, 0.25) is 0 Å². The second kappa shape index (κ2) is 8.04. The fraction of sp³-hybridized carbons (Fsp3) is 0.571. The van der Waals surface area contributed by atoms with Gasteiger partial charge in [-0.2, -0.15) is 11.8 Å². The Morgan fingerprint density at radius 1 is 1.47 bits per heavy atom. The molecule has 1 heterocycles. The van der Waals surface area contributed by atoms with Crippen molar-refractivity contribution in [2.75, 3.05) is 30.4 Å². The van der Waals surface area contributed by atoms with Crippen LogP contribution < -0.4 is 10.6 Å². The van der Waals surface area contributed by atoms with E-state index in [9.17, 15) is 4.79 Å². The Labute approximate surface area is 119 Å². The van der Waals surface area contributed by atoms with E-state index >= 15 is 0 Å². The SMILES string of the molecule is CCNc1cc(C(=O)NCC(C)CSC)cc(C)n1.